The predicted molar refractivity (Wildman–Crippen MR) is 74.2 cm³/mol. The molecule has 4 N–H and O–H groups in total. The lowest BCUT2D eigenvalue weighted by molar-refractivity contribution is -0.141. The quantitative estimate of drug-likeness (QED) is 0.572. The number of sulfonamides is 1. The fraction of sp³-hybridized carbons (Fsp3) is 0.333. The van der Waals surface area contributed by atoms with E-state index in [9.17, 15) is 23.1 Å². The van der Waals surface area contributed by atoms with Gasteiger partial charge in [0.05, 0.1) is 11.0 Å². The second kappa shape index (κ2) is 6.66. The smallest absolute Gasteiger partial charge is 0.324 e. The molecule has 8 nitrogen and oxygen atoms in total. The number of aliphatic carboxylic acids is 1. The van der Waals surface area contributed by atoms with Crippen LogP contribution in [-0.2, 0) is 19.6 Å². The van der Waals surface area contributed by atoms with Gasteiger partial charge in [-0.15, -0.1) is 0 Å². The Morgan fingerprint density at radius 3 is 2.10 bits per heavy atom. The van der Waals surface area contributed by atoms with Crippen molar-refractivity contribution in [1.29, 1.82) is 0 Å². The molecular weight excluding hydrogens is 300 g/mol. The number of anilines is 1. The molecule has 0 fully saturated rings. The highest BCUT2D eigenvalue weighted by molar-refractivity contribution is 7.89. The van der Waals surface area contributed by atoms with Crippen LogP contribution in [0, 0.1) is 0 Å². The molecule has 2 atom stereocenters. The molecular formula is C12H16N2O6S. The number of nitrogens with one attached hydrogen (secondary N) is 2. The summed E-state index contributed by atoms with van der Waals surface area (Å²) in [5, 5.41) is 20.6. The molecule has 0 saturated carbocycles. The molecule has 0 saturated heterocycles. The number of aliphatic hydroxyl groups excluding tert-OH is 1. The first kappa shape index (κ1) is 17.1. The molecule has 116 valence electrons. The van der Waals surface area contributed by atoms with E-state index in [1.807, 2.05) is 4.72 Å². The SMILES string of the molecule is CC(=O)Nc1ccc(S(=O)(=O)N[C@H](C(=O)O)[C@H](C)O)cc1. The average molecular weight is 316 g/mol. The van der Waals surface area contributed by atoms with Gasteiger partial charge < -0.3 is 15.5 Å². The van der Waals surface area contributed by atoms with E-state index in [-0.39, 0.29) is 10.8 Å². The van der Waals surface area contributed by atoms with E-state index in [2.05, 4.69) is 5.32 Å². The van der Waals surface area contributed by atoms with Gasteiger partial charge in [-0.3, -0.25) is 9.59 Å². The van der Waals surface area contributed by atoms with E-state index >= 15 is 0 Å². The lowest BCUT2D eigenvalue weighted by Crippen LogP contribution is -2.47. The minimum absolute atomic E-state index is 0.177. The Kier molecular flexibility index (Phi) is 5.41. The number of carboxylic acid groups (broad SMARTS) is 1. The van der Waals surface area contributed by atoms with Gasteiger partial charge in [0.2, 0.25) is 15.9 Å². The Morgan fingerprint density at radius 1 is 1.19 bits per heavy atom. The third-order valence-electron chi connectivity index (χ3n) is 2.52. The zero-order chi connectivity index (χ0) is 16.2. The highest BCUT2D eigenvalue weighted by atomic mass is 32.2. The van der Waals surface area contributed by atoms with Gasteiger partial charge in [0, 0.05) is 12.6 Å². The summed E-state index contributed by atoms with van der Waals surface area (Å²) < 4.78 is 25.9. The molecule has 0 aliphatic rings. The summed E-state index contributed by atoms with van der Waals surface area (Å²) in [4.78, 5) is 21.6. The van der Waals surface area contributed by atoms with Crippen molar-refractivity contribution in [2.24, 2.45) is 0 Å². The number of hydrogen-bond donors (Lipinski definition) is 4. The lowest BCUT2D eigenvalue weighted by atomic mass is 10.2. The molecule has 0 heterocycles. The number of hydrogen-bond acceptors (Lipinski definition) is 5. The molecule has 0 radical (unpaired) electrons. The van der Waals surface area contributed by atoms with Gasteiger partial charge in [0.25, 0.3) is 0 Å². The third-order valence-corrected chi connectivity index (χ3v) is 3.97. The summed E-state index contributed by atoms with van der Waals surface area (Å²) in [6.07, 6.45) is -1.39. The van der Waals surface area contributed by atoms with Crippen molar-refractivity contribution in [2.75, 3.05) is 5.32 Å². The number of carboxylic acids is 1. The second-order valence-electron chi connectivity index (χ2n) is 4.38. The van der Waals surface area contributed by atoms with Gasteiger partial charge in [-0.2, -0.15) is 4.72 Å². The number of rotatable bonds is 6. The van der Waals surface area contributed by atoms with Gasteiger partial charge in [-0.25, -0.2) is 8.42 Å². The Labute approximate surface area is 121 Å². The summed E-state index contributed by atoms with van der Waals surface area (Å²) in [6.45, 7) is 2.48. The predicted octanol–water partition coefficient (Wildman–Crippen LogP) is -0.243. The second-order valence-corrected chi connectivity index (χ2v) is 6.10. The van der Waals surface area contributed by atoms with Crippen LogP contribution >= 0.6 is 0 Å². The summed E-state index contributed by atoms with van der Waals surface area (Å²) in [7, 11) is -4.10. The fourth-order valence-corrected chi connectivity index (χ4v) is 2.77. The van der Waals surface area contributed by atoms with E-state index in [1.165, 1.54) is 38.1 Å². The minimum atomic E-state index is -4.10. The average Bonchev–Trinajstić information content (AvgIpc) is 2.35. The Morgan fingerprint density at radius 2 is 1.71 bits per heavy atom. The van der Waals surface area contributed by atoms with Gasteiger partial charge >= 0.3 is 5.97 Å². The van der Waals surface area contributed by atoms with E-state index in [1.54, 1.807) is 0 Å². The van der Waals surface area contributed by atoms with E-state index in [4.69, 9.17) is 5.11 Å². The van der Waals surface area contributed by atoms with Crippen LogP contribution in [0.4, 0.5) is 5.69 Å². The normalized spacial score (nSPS) is 14.2. The van der Waals surface area contributed by atoms with Crippen molar-refractivity contribution >= 4 is 27.6 Å². The Bertz CT molecular complexity index is 624. The molecule has 1 rings (SSSR count). The zero-order valence-electron chi connectivity index (χ0n) is 11.4. The van der Waals surface area contributed by atoms with Crippen LogP contribution in [0.25, 0.3) is 0 Å². The van der Waals surface area contributed by atoms with Crippen molar-refractivity contribution in [2.45, 2.75) is 30.9 Å². The van der Waals surface area contributed by atoms with Crippen molar-refractivity contribution < 1.29 is 28.2 Å². The van der Waals surface area contributed by atoms with Crippen LogP contribution in [-0.4, -0.2) is 42.7 Å². The van der Waals surface area contributed by atoms with E-state index in [0.717, 1.165) is 0 Å². The summed E-state index contributed by atoms with van der Waals surface area (Å²) in [5.74, 6) is -1.78. The van der Waals surface area contributed by atoms with Crippen molar-refractivity contribution in [3.63, 3.8) is 0 Å². The molecule has 0 unspecified atom stereocenters. The summed E-state index contributed by atoms with van der Waals surface area (Å²) >= 11 is 0. The number of carbonyl (C=O) groups is 2. The highest BCUT2D eigenvalue weighted by Crippen LogP contribution is 2.14. The zero-order valence-corrected chi connectivity index (χ0v) is 12.2. The van der Waals surface area contributed by atoms with Gasteiger partial charge in [0.15, 0.2) is 0 Å². The van der Waals surface area contributed by atoms with E-state index < -0.39 is 28.1 Å². The molecule has 1 aromatic rings. The highest BCUT2D eigenvalue weighted by Gasteiger charge is 2.29. The van der Waals surface area contributed by atoms with Crippen LogP contribution in [0.5, 0.6) is 0 Å². The van der Waals surface area contributed by atoms with E-state index in [0.29, 0.717) is 5.69 Å². The van der Waals surface area contributed by atoms with Crippen molar-refractivity contribution in [3.05, 3.63) is 24.3 Å². The first-order valence-corrected chi connectivity index (χ1v) is 7.42. The molecule has 0 bridgehead atoms. The lowest BCUT2D eigenvalue weighted by Gasteiger charge is -2.17. The third kappa shape index (κ3) is 4.81. The number of carbonyl (C=O) groups excluding carboxylic acids is 1. The number of aliphatic hydroxyl groups is 1. The minimum Gasteiger partial charge on any atom is -0.480 e. The van der Waals surface area contributed by atoms with Crippen LogP contribution in [0.1, 0.15) is 13.8 Å². The maximum absolute atomic E-state index is 12.0. The fourth-order valence-electron chi connectivity index (χ4n) is 1.51. The standard InChI is InChI=1S/C12H16N2O6S/c1-7(15)11(12(17)18)14-21(19,20)10-5-3-9(4-6-10)13-8(2)16/h3-7,11,14-15H,1-2H3,(H,13,16)(H,17,18)/t7-,11-/m0/s1. The first-order chi connectivity index (χ1) is 9.63. The maximum atomic E-state index is 12.0. The molecule has 9 heteroatoms. The molecule has 21 heavy (non-hydrogen) atoms. The Hall–Kier alpha value is -1.97. The van der Waals surface area contributed by atoms with Crippen LogP contribution < -0.4 is 10.0 Å². The number of benzene rings is 1. The van der Waals surface area contributed by atoms with Crippen LogP contribution in [0.2, 0.25) is 0 Å². The van der Waals surface area contributed by atoms with Gasteiger partial charge in [-0.05, 0) is 31.2 Å². The van der Waals surface area contributed by atoms with Crippen LogP contribution in [0.15, 0.2) is 29.2 Å². The molecule has 0 aromatic heterocycles. The first-order valence-electron chi connectivity index (χ1n) is 5.94. The topological polar surface area (TPSA) is 133 Å². The molecule has 0 spiro atoms. The summed E-state index contributed by atoms with van der Waals surface area (Å²) in [6, 6.07) is 3.52. The van der Waals surface area contributed by atoms with Crippen molar-refractivity contribution in [1.82, 2.24) is 4.72 Å². The number of amides is 1. The van der Waals surface area contributed by atoms with Crippen LogP contribution in [0.3, 0.4) is 0 Å². The van der Waals surface area contributed by atoms with Gasteiger partial charge in [-0.1, -0.05) is 0 Å². The Balaban J connectivity index is 2.97. The molecule has 1 aromatic carbocycles. The molecule has 0 aliphatic carbocycles. The van der Waals surface area contributed by atoms with Gasteiger partial charge in [0.1, 0.15) is 6.04 Å². The largest absolute Gasteiger partial charge is 0.480 e. The summed E-state index contributed by atoms with van der Waals surface area (Å²) in [5.41, 5.74) is 0.409. The van der Waals surface area contributed by atoms with Crippen molar-refractivity contribution in [3.8, 4) is 0 Å². The monoisotopic (exact) mass is 316 g/mol. The molecule has 1 amide bonds. The molecule has 0 aliphatic heterocycles. The maximum Gasteiger partial charge on any atom is 0.324 e.